The Morgan fingerprint density at radius 2 is 2.06 bits per heavy atom. The molecule has 17 heavy (non-hydrogen) atoms. The Morgan fingerprint density at radius 3 is 2.53 bits per heavy atom. The Bertz CT molecular complexity index is 398. The largest absolute Gasteiger partial charge is 0.375 e. The minimum absolute atomic E-state index is 0.0462. The molecule has 0 atom stereocenters. The molecule has 92 valence electrons. The van der Waals surface area contributed by atoms with Gasteiger partial charge in [0.2, 0.25) is 5.91 Å². The zero-order chi connectivity index (χ0) is 12.3. The van der Waals surface area contributed by atoms with Crippen molar-refractivity contribution < 1.29 is 9.53 Å². The van der Waals surface area contributed by atoms with Crippen LogP contribution in [0.1, 0.15) is 24.8 Å². The van der Waals surface area contributed by atoms with Gasteiger partial charge in [0.05, 0.1) is 5.54 Å². The highest BCUT2D eigenvalue weighted by molar-refractivity contribution is 9.10. The van der Waals surface area contributed by atoms with Crippen molar-refractivity contribution >= 4 is 21.8 Å². The van der Waals surface area contributed by atoms with Gasteiger partial charge in [-0.05, 0) is 37.0 Å². The van der Waals surface area contributed by atoms with Gasteiger partial charge in [-0.3, -0.25) is 4.79 Å². The number of hydrogen-bond donors (Lipinski definition) is 1. The topological polar surface area (TPSA) is 38.3 Å². The van der Waals surface area contributed by atoms with Crippen LogP contribution in [-0.2, 0) is 15.1 Å². The highest BCUT2D eigenvalue weighted by atomic mass is 79.9. The van der Waals surface area contributed by atoms with E-state index in [1.165, 1.54) is 12.7 Å². The fourth-order valence-electron chi connectivity index (χ4n) is 2.22. The van der Waals surface area contributed by atoms with Crippen LogP contribution < -0.4 is 5.32 Å². The van der Waals surface area contributed by atoms with Crippen molar-refractivity contribution in [2.24, 2.45) is 0 Å². The van der Waals surface area contributed by atoms with E-state index in [0.29, 0.717) is 0 Å². The molecule has 1 aliphatic rings. The number of benzene rings is 1. The zero-order valence-electron chi connectivity index (χ0n) is 9.83. The molecule has 0 spiro atoms. The molecular formula is C13H16BrNO2. The molecular weight excluding hydrogens is 282 g/mol. The summed E-state index contributed by atoms with van der Waals surface area (Å²) in [6.07, 6.45) is 3.16. The molecule has 1 aliphatic carbocycles. The maximum atomic E-state index is 11.6. The van der Waals surface area contributed by atoms with Gasteiger partial charge in [0.1, 0.15) is 6.61 Å². The highest BCUT2D eigenvalue weighted by Crippen LogP contribution is 2.41. The quantitative estimate of drug-likeness (QED) is 0.928. The maximum Gasteiger partial charge on any atom is 0.246 e. The van der Waals surface area contributed by atoms with Crippen LogP contribution in [0.15, 0.2) is 28.7 Å². The lowest BCUT2D eigenvalue weighted by Gasteiger charge is -2.43. The van der Waals surface area contributed by atoms with E-state index in [0.717, 1.165) is 23.7 Å². The first-order valence-corrected chi connectivity index (χ1v) is 6.52. The molecule has 0 saturated heterocycles. The minimum atomic E-state index is -0.170. The second-order valence-electron chi connectivity index (χ2n) is 4.42. The molecule has 3 nitrogen and oxygen atoms in total. The molecule has 0 unspecified atom stereocenters. The van der Waals surface area contributed by atoms with Gasteiger partial charge in [-0.1, -0.05) is 28.1 Å². The third kappa shape index (κ3) is 2.69. The molecule has 0 aliphatic heterocycles. The van der Waals surface area contributed by atoms with Gasteiger partial charge < -0.3 is 10.1 Å². The van der Waals surface area contributed by atoms with Gasteiger partial charge >= 0.3 is 0 Å². The number of nitrogens with one attached hydrogen (secondary N) is 1. The minimum Gasteiger partial charge on any atom is -0.375 e. The van der Waals surface area contributed by atoms with E-state index in [-0.39, 0.29) is 18.1 Å². The van der Waals surface area contributed by atoms with E-state index in [4.69, 9.17) is 4.74 Å². The van der Waals surface area contributed by atoms with E-state index in [1.54, 1.807) is 0 Å². The third-order valence-electron chi connectivity index (χ3n) is 3.26. The number of ether oxygens (including phenoxy) is 1. The van der Waals surface area contributed by atoms with Gasteiger partial charge in [0.25, 0.3) is 0 Å². The second-order valence-corrected chi connectivity index (χ2v) is 5.34. The van der Waals surface area contributed by atoms with Crippen LogP contribution in [0.4, 0.5) is 0 Å². The van der Waals surface area contributed by atoms with Crippen molar-refractivity contribution in [3.8, 4) is 0 Å². The molecule has 4 heteroatoms. The van der Waals surface area contributed by atoms with Gasteiger partial charge in [-0.2, -0.15) is 0 Å². The van der Waals surface area contributed by atoms with Crippen LogP contribution in [0.2, 0.25) is 0 Å². The molecule has 0 heterocycles. The van der Waals surface area contributed by atoms with Crippen LogP contribution in [0.25, 0.3) is 0 Å². The van der Waals surface area contributed by atoms with Crippen LogP contribution in [0.3, 0.4) is 0 Å². The van der Waals surface area contributed by atoms with Crippen LogP contribution in [0.5, 0.6) is 0 Å². The SMILES string of the molecule is COCC(=O)NC1(c2ccc(Br)cc2)CCC1. The summed E-state index contributed by atoms with van der Waals surface area (Å²) in [5, 5.41) is 3.09. The average Bonchev–Trinajstić information content (AvgIpc) is 2.25. The summed E-state index contributed by atoms with van der Waals surface area (Å²) in [4.78, 5) is 11.6. The first kappa shape index (κ1) is 12.6. The number of carbonyl (C=O) groups excluding carboxylic acids is 1. The monoisotopic (exact) mass is 297 g/mol. The number of halogens is 1. The van der Waals surface area contributed by atoms with Crippen molar-refractivity contribution in [3.63, 3.8) is 0 Å². The lowest BCUT2D eigenvalue weighted by atomic mass is 9.72. The number of amides is 1. The van der Waals surface area contributed by atoms with Crippen molar-refractivity contribution in [3.05, 3.63) is 34.3 Å². The standard InChI is InChI=1S/C13H16BrNO2/c1-17-9-12(16)15-13(7-2-8-13)10-3-5-11(14)6-4-10/h3-6H,2,7-9H2,1H3,(H,15,16). The highest BCUT2D eigenvalue weighted by Gasteiger charge is 2.39. The smallest absolute Gasteiger partial charge is 0.246 e. The predicted octanol–water partition coefficient (Wildman–Crippen LogP) is 2.59. The average molecular weight is 298 g/mol. The van der Waals surface area contributed by atoms with E-state index in [2.05, 4.69) is 33.4 Å². The Hall–Kier alpha value is -0.870. The summed E-state index contributed by atoms with van der Waals surface area (Å²) < 4.78 is 5.91. The molecule has 1 N–H and O–H groups in total. The number of carbonyl (C=O) groups is 1. The van der Waals surface area contributed by atoms with E-state index in [1.807, 2.05) is 12.1 Å². The fraction of sp³-hybridized carbons (Fsp3) is 0.462. The Morgan fingerprint density at radius 1 is 1.41 bits per heavy atom. The first-order chi connectivity index (χ1) is 8.16. The summed E-state index contributed by atoms with van der Waals surface area (Å²) in [5.41, 5.74) is 1.01. The third-order valence-corrected chi connectivity index (χ3v) is 3.79. The normalized spacial score (nSPS) is 17.3. The van der Waals surface area contributed by atoms with Gasteiger partial charge in [0, 0.05) is 11.6 Å². The Balaban J connectivity index is 2.14. The predicted molar refractivity (Wildman–Crippen MR) is 69.7 cm³/mol. The Labute approximate surface area is 110 Å². The number of hydrogen-bond acceptors (Lipinski definition) is 2. The molecule has 1 saturated carbocycles. The van der Waals surface area contributed by atoms with E-state index < -0.39 is 0 Å². The summed E-state index contributed by atoms with van der Waals surface area (Å²) in [5.74, 6) is -0.0462. The van der Waals surface area contributed by atoms with Crippen molar-refractivity contribution in [2.45, 2.75) is 24.8 Å². The van der Waals surface area contributed by atoms with Crippen LogP contribution in [0, 0.1) is 0 Å². The lowest BCUT2D eigenvalue weighted by Crippen LogP contribution is -2.51. The molecule has 0 radical (unpaired) electrons. The molecule has 2 rings (SSSR count). The van der Waals surface area contributed by atoms with E-state index >= 15 is 0 Å². The van der Waals surface area contributed by atoms with Crippen molar-refractivity contribution in [1.82, 2.24) is 5.32 Å². The molecule has 0 bridgehead atoms. The summed E-state index contributed by atoms with van der Waals surface area (Å²) >= 11 is 3.42. The van der Waals surface area contributed by atoms with Gasteiger partial charge in [-0.15, -0.1) is 0 Å². The second kappa shape index (κ2) is 5.19. The van der Waals surface area contributed by atoms with Crippen LogP contribution >= 0.6 is 15.9 Å². The molecule has 1 aromatic rings. The van der Waals surface area contributed by atoms with Gasteiger partial charge in [0.15, 0.2) is 0 Å². The summed E-state index contributed by atoms with van der Waals surface area (Å²) in [6.45, 7) is 0.123. The van der Waals surface area contributed by atoms with E-state index in [9.17, 15) is 4.79 Å². The van der Waals surface area contributed by atoms with Crippen LogP contribution in [-0.4, -0.2) is 19.6 Å². The molecule has 1 fully saturated rings. The zero-order valence-corrected chi connectivity index (χ0v) is 11.4. The Kier molecular flexibility index (Phi) is 3.84. The van der Waals surface area contributed by atoms with Crippen molar-refractivity contribution in [2.75, 3.05) is 13.7 Å². The molecule has 1 aromatic carbocycles. The first-order valence-electron chi connectivity index (χ1n) is 5.72. The number of rotatable bonds is 4. The molecule has 0 aromatic heterocycles. The summed E-state index contributed by atoms with van der Waals surface area (Å²) in [7, 11) is 1.53. The molecule has 1 amide bonds. The van der Waals surface area contributed by atoms with Crippen molar-refractivity contribution in [1.29, 1.82) is 0 Å². The van der Waals surface area contributed by atoms with Gasteiger partial charge in [-0.25, -0.2) is 0 Å². The fourth-order valence-corrected chi connectivity index (χ4v) is 2.48. The maximum absolute atomic E-state index is 11.6. The number of methoxy groups -OCH3 is 1. The summed E-state index contributed by atoms with van der Waals surface area (Å²) in [6, 6.07) is 8.16. The lowest BCUT2D eigenvalue weighted by molar-refractivity contribution is -0.128.